The third-order valence-electron chi connectivity index (χ3n) is 6.15. The van der Waals surface area contributed by atoms with Crippen molar-refractivity contribution in [2.45, 2.75) is 0 Å². The van der Waals surface area contributed by atoms with E-state index in [1.54, 1.807) is 41.9 Å². The number of likely N-dealkylation sites (N-methyl/N-ethyl adjacent to an activating group) is 1. The van der Waals surface area contributed by atoms with Crippen LogP contribution in [0.3, 0.4) is 0 Å². The lowest BCUT2D eigenvalue weighted by Crippen LogP contribution is -2.44. The van der Waals surface area contributed by atoms with Gasteiger partial charge < -0.3 is 14.8 Å². The van der Waals surface area contributed by atoms with E-state index in [1.165, 1.54) is 6.07 Å². The van der Waals surface area contributed by atoms with Crippen LogP contribution in [0.2, 0.25) is 0 Å². The van der Waals surface area contributed by atoms with Crippen molar-refractivity contribution in [2.75, 3.05) is 38.1 Å². The largest absolute Gasteiger partial charge is 0.368 e. The molecule has 1 amide bonds. The van der Waals surface area contributed by atoms with Crippen LogP contribution in [0.15, 0.2) is 60.7 Å². The lowest BCUT2D eigenvalue weighted by Gasteiger charge is -2.34. The lowest BCUT2D eigenvalue weighted by molar-refractivity contribution is 0.0706. The maximum atomic E-state index is 14.2. The molecule has 1 aromatic heterocycles. The van der Waals surface area contributed by atoms with Gasteiger partial charge in [0.1, 0.15) is 11.6 Å². The Morgan fingerprint density at radius 1 is 1.03 bits per heavy atom. The van der Waals surface area contributed by atoms with E-state index in [9.17, 15) is 9.18 Å². The monoisotopic (exact) mass is 469 g/mol. The number of hydrogen-bond acceptors (Lipinski definition) is 5. The molecule has 1 saturated heterocycles. The predicted octanol–water partition coefficient (Wildman–Crippen LogP) is 3.64. The molecule has 1 aliphatic rings. The van der Waals surface area contributed by atoms with Crippen molar-refractivity contribution < 1.29 is 14.4 Å². The van der Waals surface area contributed by atoms with Gasteiger partial charge in [0, 0.05) is 37.3 Å². The zero-order valence-corrected chi connectivity index (χ0v) is 19.2. The molecule has 3 N–H and O–H groups in total. The Morgan fingerprint density at radius 2 is 1.80 bits per heavy atom. The summed E-state index contributed by atoms with van der Waals surface area (Å²) in [6.45, 7) is 3.57. The van der Waals surface area contributed by atoms with Crippen LogP contribution in [-0.2, 0) is 0 Å². The summed E-state index contributed by atoms with van der Waals surface area (Å²) >= 11 is 0. The molecule has 2 heterocycles. The topological polar surface area (TPSA) is 84.5 Å². The molecule has 1 aliphatic heterocycles. The van der Waals surface area contributed by atoms with Crippen LogP contribution in [0.25, 0.3) is 22.4 Å². The van der Waals surface area contributed by atoms with E-state index < -0.39 is 5.91 Å². The second-order valence-corrected chi connectivity index (χ2v) is 8.51. The average molecular weight is 470 g/mol. The number of piperazine rings is 1. The highest BCUT2D eigenvalue weighted by Crippen LogP contribution is 2.29. The summed E-state index contributed by atoms with van der Waals surface area (Å²) in [7, 11) is 2.10. The van der Waals surface area contributed by atoms with Gasteiger partial charge in [0.25, 0.3) is 5.91 Å². The van der Waals surface area contributed by atoms with Gasteiger partial charge in [-0.3, -0.25) is 10.0 Å². The molecule has 4 aromatic rings. The number of aromatic amines is 1. The summed E-state index contributed by atoms with van der Waals surface area (Å²) in [6.07, 6.45) is 0. The van der Waals surface area contributed by atoms with Gasteiger partial charge in [-0.25, -0.2) is 14.9 Å². The SMILES string of the molecule is CN1CCN(c2cc3nc(-c4cccc(C(=O)NO)c4)[nH]c3cc2C#Cc2ccccc2F)CC1. The Kier molecular flexibility index (Phi) is 6.19. The van der Waals surface area contributed by atoms with Gasteiger partial charge in [-0.15, -0.1) is 0 Å². The molecule has 0 unspecified atom stereocenters. The number of H-pyrrole nitrogens is 1. The molecular weight excluding hydrogens is 445 g/mol. The van der Waals surface area contributed by atoms with Crippen LogP contribution in [-0.4, -0.2) is 59.2 Å². The summed E-state index contributed by atoms with van der Waals surface area (Å²) in [4.78, 5) is 24.5. The van der Waals surface area contributed by atoms with E-state index in [0.717, 1.165) is 48.5 Å². The molecule has 7 nitrogen and oxygen atoms in total. The number of hydrogen-bond donors (Lipinski definition) is 3. The minimum Gasteiger partial charge on any atom is -0.368 e. The van der Waals surface area contributed by atoms with Gasteiger partial charge in [-0.05, 0) is 43.4 Å². The summed E-state index contributed by atoms with van der Waals surface area (Å²) in [6, 6.07) is 17.3. The van der Waals surface area contributed by atoms with Crippen LogP contribution < -0.4 is 10.4 Å². The maximum Gasteiger partial charge on any atom is 0.274 e. The maximum absolute atomic E-state index is 14.2. The molecule has 0 saturated carbocycles. The molecule has 176 valence electrons. The quantitative estimate of drug-likeness (QED) is 0.242. The molecular formula is C27H24FN5O2. The van der Waals surface area contributed by atoms with Gasteiger partial charge in [-0.1, -0.05) is 36.1 Å². The van der Waals surface area contributed by atoms with Crippen LogP contribution in [0.5, 0.6) is 0 Å². The number of aromatic nitrogens is 2. The number of carbonyl (C=O) groups is 1. The van der Waals surface area contributed by atoms with Crippen LogP contribution in [0.4, 0.5) is 10.1 Å². The number of amides is 1. The zero-order chi connectivity index (χ0) is 24.4. The van der Waals surface area contributed by atoms with Gasteiger partial charge in [0.15, 0.2) is 0 Å². The predicted molar refractivity (Wildman–Crippen MR) is 133 cm³/mol. The fourth-order valence-corrected chi connectivity index (χ4v) is 4.16. The summed E-state index contributed by atoms with van der Waals surface area (Å²) in [5.74, 6) is 5.81. The van der Waals surface area contributed by atoms with E-state index in [-0.39, 0.29) is 5.82 Å². The van der Waals surface area contributed by atoms with Crippen molar-refractivity contribution in [3.8, 4) is 23.2 Å². The second kappa shape index (κ2) is 9.58. The number of carbonyl (C=O) groups excluding carboxylic acids is 1. The number of rotatable bonds is 3. The highest BCUT2D eigenvalue weighted by Gasteiger charge is 2.19. The van der Waals surface area contributed by atoms with Crippen molar-refractivity contribution >= 4 is 22.6 Å². The molecule has 0 radical (unpaired) electrons. The summed E-state index contributed by atoms with van der Waals surface area (Å²) < 4.78 is 14.2. The van der Waals surface area contributed by atoms with Crippen molar-refractivity contribution in [1.82, 2.24) is 20.3 Å². The number of halogens is 1. The Hall–Kier alpha value is -4.19. The van der Waals surface area contributed by atoms with E-state index >= 15 is 0 Å². The number of nitrogens with one attached hydrogen (secondary N) is 2. The number of benzene rings is 3. The summed E-state index contributed by atoms with van der Waals surface area (Å²) in [5, 5.41) is 8.95. The highest BCUT2D eigenvalue weighted by molar-refractivity contribution is 5.94. The van der Waals surface area contributed by atoms with Crippen LogP contribution >= 0.6 is 0 Å². The number of fused-ring (bicyclic) bond motifs is 1. The Labute approximate surface area is 202 Å². The normalized spacial score (nSPS) is 14.0. The molecule has 1 fully saturated rings. The molecule has 3 aromatic carbocycles. The van der Waals surface area contributed by atoms with Gasteiger partial charge in [-0.2, -0.15) is 0 Å². The molecule has 5 rings (SSSR count). The van der Waals surface area contributed by atoms with Crippen LogP contribution in [0.1, 0.15) is 21.5 Å². The van der Waals surface area contributed by atoms with Gasteiger partial charge in [0.05, 0.1) is 27.8 Å². The Balaban J connectivity index is 1.59. The first-order valence-corrected chi connectivity index (χ1v) is 11.3. The molecule has 0 bridgehead atoms. The third-order valence-corrected chi connectivity index (χ3v) is 6.15. The smallest absolute Gasteiger partial charge is 0.274 e. The third kappa shape index (κ3) is 4.73. The lowest BCUT2D eigenvalue weighted by atomic mass is 10.1. The van der Waals surface area contributed by atoms with Crippen molar-refractivity contribution in [3.63, 3.8) is 0 Å². The fourth-order valence-electron chi connectivity index (χ4n) is 4.16. The number of hydroxylamine groups is 1. The second-order valence-electron chi connectivity index (χ2n) is 8.51. The minimum atomic E-state index is -0.592. The highest BCUT2D eigenvalue weighted by atomic mass is 19.1. The average Bonchev–Trinajstić information content (AvgIpc) is 3.31. The van der Waals surface area contributed by atoms with Gasteiger partial charge >= 0.3 is 0 Å². The molecule has 0 spiro atoms. The van der Waals surface area contributed by atoms with Gasteiger partial charge in [0.2, 0.25) is 0 Å². The standard InChI is InChI=1S/C27H24FN5O2/c1-32-11-13-33(14-12-32)25-17-24-23(16-19(25)10-9-18-5-2-3-8-22(18)28)29-26(30-24)20-6-4-7-21(15-20)27(34)31-35/h2-8,15-17,35H,11-14H2,1H3,(H,29,30)(H,31,34). The first-order valence-electron chi connectivity index (χ1n) is 11.3. The Morgan fingerprint density at radius 3 is 2.57 bits per heavy atom. The zero-order valence-electron chi connectivity index (χ0n) is 19.2. The van der Waals surface area contributed by atoms with E-state index in [2.05, 4.69) is 33.7 Å². The van der Waals surface area contributed by atoms with Crippen LogP contribution in [0, 0.1) is 17.7 Å². The number of imidazole rings is 1. The van der Waals surface area contributed by atoms with E-state index in [4.69, 9.17) is 10.2 Å². The fraction of sp³-hybridized carbons (Fsp3) is 0.185. The first kappa shape index (κ1) is 22.6. The number of anilines is 1. The Bertz CT molecular complexity index is 1460. The molecule has 8 heteroatoms. The summed E-state index contributed by atoms with van der Waals surface area (Å²) in [5.41, 5.74) is 6.33. The van der Waals surface area contributed by atoms with E-state index in [1.807, 2.05) is 18.2 Å². The minimum absolute atomic E-state index is 0.319. The van der Waals surface area contributed by atoms with Crippen molar-refractivity contribution in [2.24, 2.45) is 0 Å². The first-order chi connectivity index (χ1) is 17.0. The number of nitrogens with zero attached hydrogens (tertiary/aromatic N) is 3. The van der Waals surface area contributed by atoms with Crippen molar-refractivity contribution in [3.05, 3.63) is 83.2 Å². The molecule has 0 atom stereocenters. The molecule has 35 heavy (non-hydrogen) atoms. The van der Waals surface area contributed by atoms with Crippen molar-refractivity contribution in [1.29, 1.82) is 0 Å². The van der Waals surface area contributed by atoms with E-state index in [0.29, 0.717) is 22.5 Å². The molecule has 0 aliphatic carbocycles.